The van der Waals surface area contributed by atoms with Crippen molar-refractivity contribution in [3.63, 3.8) is 0 Å². The van der Waals surface area contributed by atoms with Crippen molar-refractivity contribution in [3.05, 3.63) is 120 Å². The van der Waals surface area contributed by atoms with E-state index in [9.17, 15) is 9.59 Å². The van der Waals surface area contributed by atoms with E-state index >= 15 is 0 Å². The highest BCUT2D eigenvalue weighted by Gasteiger charge is 2.23. The summed E-state index contributed by atoms with van der Waals surface area (Å²) in [7, 11) is 3.20. The van der Waals surface area contributed by atoms with Crippen LogP contribution in [0.15, 0.2) is 109 Å². The maximum Gasteiger partial charge on any atom is 0.325 e. The molecule has 3 rings (SSSR count). The van der Waals surface area contributed by atoms with Crippen molar-refractivity contribution in [2.45, 2.75) is 51.6 Å². The molecule has 2 N–H and O–H groups in total. The third kappa shape index (κ3) is 12.0. The number of hydrogen-bond acceptors (Lipinski definition) is 4. The molecule has 1 aliphatic heterocycles. The van der Waals surface area contributed by atoms with Gasteiger partial charge in [-0.15, -0.1) is 12.3 Å². The Morgan fingerprint density at radius 3 is 2.56 bits per heavy atom. The van der Waals surface area contributed by atoms with E-state index in [1.54, 1.807) is 31.4 Å². The number of allylic oxidation sites excluding steroid dienone is 9. The predicted octanol–water partition coefficient (Wildman–Crippen LogP) is 7.17. The quantitative estimate of drug-likeness (QED) is 0.177. The molecule has 7 heteroatoms. The van der Waals surface area contributed by atoms with Gasteiger partial charge in [0.15, 0.2) is 0 Å². The van der Waals surface area contributed by atoms with E-state index in [4.69, 9.17) is 11.2 Å². The summed E-state index contributed by atoms with van der Waals surface area (Å²) >= 11 is 0. The van der Waals surface area contributed by atoms with Gasteiger partial charge in [-0.2, -0.15) is 0 Å². The highest BCUT2D eigenvalue weighted by atomic mass is 16.5. The van der Waals surface area contributed by atoms with Crippen LogP contribution >= 0.6 is 0 Å². The van der Waals surface area contributed by atoms with Gasteiger partial charge in [0.25, 0.3) is 5.91 Å². The Labute approximate surface area is 269 Å². The summed E-state index contributed by atoms with van der Waals surface area (Å²) in [6.07, 6.45) is 26.9. The predicted molar refractivity (Wildman–Crippen MR) is 185 cm³/mol. The fraction of sp³-hybridized carbons (Fsp3) is 0.316. The molecule has 0 saturated carbocycles. The number of methoxy groups -OCH3 is 1. The first-order chi connectivity index (χ1) is 21.9. The Hall–Kier alpha value is -4.80. The standard InChI is InChI=1S/C38H46N4O3/c1-5-7-8-9-10-11-13-18-31(17-6-2)21-16-26-39-38(44)41(3)34-22-23-35(36(29-34)45-4)37(43)40-33-24-27-42(28-25-33)30-32-19-14-12-15-20-32/h1,6,8-12,14-17,19-23,26,29,33H,7,13,18,24-25,27-28,30H2,2-4H3,(H,39,44)(H,40,43)/b9-8-,11-10-,17-6-,26-16+,31-21+. The molecule has 0 atom stereocenters. The van der Waals surface area contributed by atoms with Crippen LogP contribution in [-0.2, 0) is 6.54 Å². The van der Waals surface area contributed by atoms with Crippen LogP contribution < -0.4 is 20.3 Å². The maximum absolute atomic E-state index is 13.2. The van der Waals surface area contributed by atoms with Crippen molar-refractivity contribution >= 4 is 17.6 Å². The van der Waals surface area contributed by atoms with Gasteiger partial charge in [0.2, 0.25) is 0 Å². The molecule has 2 aromatic rings. The number of amides is 3. The molecule has 0 aliphatic carbocycles. The number of benzene rings is 2. The molecule has 0 aromatic heterocycles. The zero-order valence-corrected chi connectivity index (χ0v) is 26.7. The Morgan fingerprint density at radius 1 is 1.09 bits per heavy atom. The lowest BCUT2D eigenvalue weighted by molar-refractivity contribution is 0.0906. The number of terminal acetylenes is 1. The van der Waals surface area contributed by atoms with E-state index in [0.29, 0.717) is 23.4 Å². The van der Waals surface area contributed by atoms with Crippen molar-refractivity contribution in [2.75, 3.05) is 32.1 Å². The molecule has 1 fully saturated rings. The van der Waals surface area contributed by atoms with Crippen LogP contribution in [0.5, 0.6) is 5.75 Å². The first-order valence-electron chi connectivity index (χ1n) is 15.5. The van der Waals surface area contributed by atoms with Gasteiger partial charge in [0.05, 0.1) is 12.7 Å². The Balaban J connectivity index is 1.50. The van der Waals surface area contributed by atoms with Crippen LogP contribution in [0.3, 0.4) is 0 Å². The molecular weight excluding hydrogens is 560 g/mol. The highest BCUT2D eigenvalue weighted by Crippen LogP contribution is 2.26. The molecular formula is C38H46N4O3. The minimum absolute atomic E-state index is 0.106. The zero-order valence-electron chi connectivity index (χ0n) is 26.7. The van der Waals surface area contributed by atoms with Crippen LogP contribution in [0.25, 0.3) is 0 Å². The lowest BCUT2D eigenvalue weighted by Gasteiger charge is -2.32. The number of nitrogens with zero attached hydrogens (tertiary/aromatic N) is 2. The van der Waals surface area contributed by atoms with Crippen molar-refractivity contribution in [3.8, 4) is 18.1 Å². The molecule has 1 heterocycles. The van der Waals surface area contributed by atoms with Crippen molar-refractivity contribution in [2.24, 2.45) is 0 Å². The fourth-order valence-electron chi connectivity index (χ4n) is 5.00. The number of rotatable bonds is 14. The number of anilines is 1. The molecule has 3 amide bonds. The normalized spacial score (nSPS) is 14.8. The van der Waals surface area contributed by atoms with Crippen LogP contribution in [-0.4, -0.2) is 50.1 Å². The number of hydrogen-bond donors (Lipinski definition) is 2. The summed E-state index contributed by atoms with van der Waals surface area (Å²) in [6.45, 7) is 4.76. The molecule has 0 unspecified atom stereocenters. The number of carbonyl (C=O) groups excluding carboxylic acids is 2. The number of likely N-dealkylation sites (tertiary alicyclic amines) is 1. The molecule has 0 bridgehead atoms. The smallest absolute Gasteiger partial charge is 0.325 e. The van der Waals surface area contributed by atoms with E-state index in [-0.39, 0.29) is 18.0 Å². The second kappa shape index (κ2) is 19.5. The molecule has 0 radical (unpaired) electrons. The van der Waals surface area contributed by atoms with Gasteiger partial charge < -0.3 is 15.4 Å². The lowest BCUT2D eigenvalue weighted by atomic mass is 10.0. The first kappa shape index (κ1) is 34.7. The van der Waals surface area contributed by atoms with E-state index in [2.05, 4.69) is 57.9 Å². The van der Waals surface area contributed by atoms with E-state index in [1.165, 1.54) is 17.6 Å². The molecule has 0 spiro atoms. The van der Waals surface area contributed by atoms with Gasteiger partial charge in [0, 0.05) is 57.1 Å². The van der Waals surface area contributed by atoms with Crippen LogP contribution in [0.1, 0.15) is 54.9 Å². The fourth-order valence-corrected chi connectivity index (χ4v) is 5.00. The SMILES string of the molecule is C#CC/C=C\C=C/CCC(/C=C\C)=C/C=C/NC(=O)N(C)c1ccc(C(=O)NC2CCN(Cc3ccccc3)CC2)c(OC)c1. The summed E-state index contributed by atoms with van der Waals surface area (Å²) in [5.41, 5.74) is 3.50. The summed E-state index contributed by atoms with van der Waals surface area (Å²) in [5, 5.41) is 5.97. The van der Waals surface area contributed by atoms with Crippen molar-refractivity contribution in [1.29, 1.82) is 0 Å². The van der Waals surface area contributed by atoms with Gasteiger partial charge in [-0.3, -0.25) is 14.6 Å². The zero-order chi connectivity index (χ0) is 32.3. The number of urea groups is 1. The summed E-state index contributed by atoms with van der Waals surface area (Å²) < 4.78 is 5.55. The molecule has 45 heavy (non-hydrogen) atoms. The minimum atomic E-state index is -0.310. The molecule has 2 aromatic carbocycles. The highest BCUT2D eigenvalue weighted by molar-refractivity contribution is 5.99. The Kier molecular flexibility index (Phi) is 15.0. The second-order valence-corrected chi connectivity index (χ2v) is 10.8. The first-order valence-corrected chi connectivity index (χ1v) is 15.5. The van der Waals surface area contributed by atoms with Crippen LogP contribution in [0.4, 0.5) is 10.5 Å². The molecule has 7 nitrogen and oxygen atoms in total. The Morgan fingerprint density at radius 2 is 1.84 bits per heavy atom. The van der Waals surface area contributed by atoms with E-state index < -0.39 is 0 Å². The summed E-state index contributed by atoms with van der Waals surface area (Å²) in [6, 6.07) is 15.4. The van der Waals surface area contributed by atoms with Gasteiger partial charge in [-0.05, 0) is 62.0 Å². The largest absolute Gasteiger partial charge is 0.496 e. The van der Waals surface area contributed by atoms with Gasteiger partial charge >= 0.3 is 6.03 Å². The topological polar surface area (TPSA) is 73.9 Å². The average molecular weight is 607 g/mol. The monoisotopic (exact) mass is 606 g/mol. The number of carbonyl (C=O) groups is 2. The van der Waals surface area contributed by atoms with Crippen molar-refractivity contribution < 1.29 is 14.3 Å². The van der Waals surface area contributed by atoms with E-state index in [0.717, 1.165) is 50.9 Å². The van der Waals surface area contributed by atoms with E-state index in [1.807, 2.05) is 49.4 Å². The summed E-state index contributed by atoms with van der Waals surface area (Å²) in [5.74, 6) is 2.82. The molecule has 236 valence electrons. The number of nitrogens with one attached hydrogen (secondary N) is 2. The van der Waals surface area contributed by atoms with Gasteiger partial charge in [-0.25, -0.2) is 4.79 Å². The lowest BCUT2D eigenvalue weighted by Crippen LogP contribution is -2.44. The van der Waals surface area contributed by atoms with Crippen LogP contribution in [0.2, 0.25) is 0 Å². The summed E-state index contributed by atoms with van der Waals surface area (Å²) in [4.78, 5) is 29.9. The van der Waals surface area contributed by atoms with Crippen LogP contribution in [0, 0.1) is 12.3 Å². The second-order valence-electron chi connectivity index (χ2n) is 10.8. The van der Waals surface area contributed by atoms with Gasteiger partial charge in [0.1, 0.15) is 5.75 Å². The minimum Gasteiger partial charge on any atom is -0.496 e. The maximum atomic E-state index is 13.2. The van der Waals surface area contributed by atoms with Gasteiger partial charge in [-0.1, -0.05) is 72.9 Å². The molecule has 1 saturated heterocycles. The third-order valence-electron chi connectivity index (χ3n) is 7.51. The number of ether oxygens (including phenoxy) is 1. The van der Waals surface area contributed by atoms with Crippen molar-refractivity contribution in [1.82, 2.24) is 15.5 Å². The molecule has 1 aliphatic rings. The number of piperidine rings is 1. The third-order valence-corrected chi connectivity index (χ3v) is 7.51. The Bertz CT molecular complexity index is 1420. The average Bonchev–Trinajstić information content (AvgIpc) is 3.06.